The van der Waals surface area contributed by atoms with E-state index in [0.29, 0.717) is 30.6 Å². The average Bonchev–Trinajstić information content (AvgIpc) is 2.65. The van der Waals surface area contributed by atoms with Crippen LogP contribution in [0.4, 0.5) is 0 Å². The van der Waals surface area contributed by atoms with Gasteiger partial charge in [-0.3, -0.25) is 9.59 Å². The maximum absolute atomic E-state index is 12.7. The van der Waals surface area contributed by atoms with E-state index in [1.54, 1.807) is 20.1 Å². The van der Waals surface area contributed by atoms with Crippen LogP contribution in [-0.2, 0) is 11.2 Å². The Balaban J connectivity index is 2.21. The van der Waals surface area contributed by atoms with Gasteiger partial charge in [-0.05, 0) is 25.8 Å². The molecule has 3 atom stereocenters. The van der Waals surface area contributed by atoms with Crippen molar-refractivity contribution in [1.29, 1.82) is 0 Å². The van der Waals surface area contributed by atoms with Gasteiger partial charge in [0.2, 0.25) is 0 Å². The smallest absolute Gasteiger partial charge is 0.173 e. The van der Waals surface area contributed by atoms with Gasteiger partial charge < -0.3 is 9.52 Å². The molecule has 19 heavy (non-hydrogen) atoms. The van der Waals surface area contributed by atoms with Crippen molar-refractivity contribution in [3.8, 4) is 0 Å². The second-order valence-corrected chi connectivity index (χ2v) is 6.39. The van der Waals surface area contributed by atoms with Gasteiger partial charge in [-0.2, -0.15) is 0 Å². The van der Waals surface area contributed by atoms with E-state index in [0.717, 1.165) is 5.56 Å². The molecule has 1 aromatic rings. The molecule has 1 aromatic heterocycles. The molecule has 3 rings (SSSR count). The summed E-state index contributed by atoms with van der Waals surface area (Å²) >= 11 is 0. The van der Waals surface area contributed by atoms with Crippen LogP contribution in [0, 0.1) is 18.3 Å². The van der Waals surface area contributed by atoms with Gasteiger partial charge in [0.15, 0.2) is 5.78 Å². The number of rotatable bonds is 0. The minimum atomic E-state index is -1.12. The van der Waals surface area contributed by atoms with Crippen LogP contribution in [0.15, 0.2) is 10.7 Å². The molecule has 4 nitrogen and oxygen atoms in total. The molecule has 1 heterocycles. The van der Waals surface area contributed by atoms with Crippen molar-refractivity contribution in [2.75, 3.05) is 0 Å². The zero-order chi connectivity index (χ0) is 14.0. The number of hydrogen-bond acceptors (Lipinski definition) is 4. The minimum Gasteiger partial charge on any atom is -0.468 e. The highest BCUT2D eigenvalue weighted by atomic mass is 16.3. The van der Waals surface area contributed by atoms with Crippen LogP contribution in [0.1, 0.15) is 48.4 Å². The largest absolute Gasteiger partial charge is 0.468 e. The quantitative estimate of drug-likeness (QED) is 0.777. The molecule has 2 aliphatic carbocycles. The van der Waals surface area contributed by atoms with Gasteiger partial charge in [0.25, 0.3) is 0 Å². The van der Waals surface area contributed by atoms with E-state index >= 15 is 0 Å². The molecule has 102 valence electrons. The molecule has 0 radical (unpaired) electrons. The summed E-state index contributed by atoms with van der Waals surface area (Å²) in [7, 11) is 0. The van der Waals surface area contributed by atoms with E-state index in [2.05, 4.69) is 0 Å². The van der Waals surface area contributed by atoms with Crippen molar-refractivity contribution in [3.63, 3.8) is 0 Å². The fourth-order valence-electron chi connectivity index (χ4n) is 3.85. The first-order chi connectivity index (χ1) is 8.77. The summed E-state index contributed by atoms with van der Waals surface area (Å²) in [6.45, 7) is 5.27. The van der Waals surface area contributed by atoms with Crippen LogP contribution in [0.3, 0.4) is 0 Å². The van der Waals surface area contributed by atoms with Gasteiger partial charge in [0.1, 0.15) is 11.5 Å². The van der Waals surface area contributed by atoms with Crippen LogP contribution in [0.25, 0.3) is 0 Å². The molecule has 0 unspecified atom stereocenters. The number of furan rings is 1. The standard InChI is InChI=1S/C15H18O4/c1-8-7-19-9-6-14(2)10(16)4-5-15(3,18)13(14)12(17)11(8)9/h7,13,18H,4-6H2,1-3H3/t13-,14+,15+/m1/s1. The normalized spacial score (nSPS) is 38.0. The molecule has 1 saturated carbocycles. The summed E-state index contributed by atoms with van der Waals surface area (Å²) in [5.74, 6) is -0.164. The number of fused-ring (bicyclic) bond motifs is 2. The number of hydrogen-bond donors (Lipinski definition) is 1. The van der Waals surface area contributed by atoms with Gasteiger partial charge in [0, 0.05) is 18.3 Å². The van der Waals surface area contributed by atoms with Crippen molar-refractivity contribution in [1.82, 2.24) is 0 Å². The molecule has 2 aliphatic rings. The molecule has 0 bridgehead atoms. The van der Waals surface area contributed by atoms with Gasteiger partial charge >= 0.3 is 0 Å². The van der Waals surface area contributed by atoms with E-state index in [1.807, 2.05) is 6.92 Å². The van der Waals surface area contributed by atoms with Crippen molar-refractivity contribution in [2.24, 2.45) is 11.3 Å². The maximum Gasteiger partial charge on any atom is 0.173 e. The second kappa shape index (κ2) is 3.57. The predicted octanol–water partition coefficient (Wildman–Crippen LogP) is 2.06. The first-order valence-electron chi connectivity index (χ1n) is 6.64. The first kappa shape index (κ1) is 12.6. The fourth-order valence-corrected chi connectivity index (χ4v) is 3.85. The minimum absolute atomic E-state index is 0.0529. The summed E-state index contributed by atoms with van der Waals surface area (Å²) in [5, 5.41) is 10.6. The number of aliphatic hydroxyl groups is 1. The second-order valence-electron chi connectivity index (χ2n) is 6.39. The van der Waals surface area contributed by atoms with Crippen molar-refractivity contribution >= 4 is 11.6 Å². The zero-order valence-corrected chi connectivity index (χ0v) is 11.4. The van der Waals surface area contributed by atoms with Gasteiger partial charge in [0.05, 0.1) is 23.3 Å². The Morgan fingerprint density at radius 2 is 2.05 bits per heavy atom. The van der Waals surface area contributed by atoms with Crippen molar-refractivity contribution in [3.05, 3.63) is 23.2 Å². The summed E-state index contributed by atoms with van der Waals surface area (Å²) < 4.78 is 5.43. The molecule has 1 N–H and O–H groups in total. The molecule has 0 aromatic carbocycles. The summed E-state index contributed by atoms with van der Waals surface area (Å²) in [4.78, 5) is 25.0. The van der Waals surface area contributed by atoms with Crippen molar-refractivity contribution in [2.45, 2.75) is 45.6 Å². The van der Waals surface area contributed by atoms with E-state index < -0.39 is 16.9 Å². The predicted molar refractivity (Wildman–Crippen MR) is 67.9 cm³/mol. The third kappa shape index (κ3) is 1.49. The third-order valence-electron chi connectivity index (χ3n) is 4.84. The van der Waals surface area contributed by atoms with Gasteiger partial charge in [-0.15, -0.1) is 0 Å². The number of carbonyl (C=O) groups excluding carboxylic acids is 2. The van der Waals surface area contributed by atoms with Crippen LogP contribution in [0.2, 0.25) is 0 Å². The van der Waals surface area contributed by atoms with E-state index in [1.165, 1.54) is 0 Å². The Morgan fingerprint density at radius 1 is 1.37 bits per heavy atom. The Labute approximate surface area is 111 Å². The lowest BCUT2D eigenvalue weighted by molar-refractivity contribution is -0.147. The molecule has 4 heteroatoms. The SMILES string of the molecule is Cc1coc2c1C(=O)[C@H]1[C@@](C)(O)CCC(=O)[C@]1(C)C2. The van der Waals surface area contributed by atoms with Crippen LogP contribution >= 0.6 is 0 Å². The average molecular weight is 262 g/mol. The van der Waals surface area contributed by atoms with E-state index in [-0.39, 0.29) is 11.6 Å². The van der Waals surface area contributed by atoms with Crippen LogP contribution in [-0.4, -0.2) is 22.3 Å². The lowest BCUT2D eigenvalue weighted by atomic mass is 9.54. The Morgan fingerprint density at radius 3 is 2.74 bits per heavy atom. The highest BCUT2D eigenvalue weighted by Crippen LogP contribution is 2.51. The van der Waals surface area contributed by atoms with Crippen molar-refractivity contribution < 1.29 is 19.1 Å². The molecule has 1 fully saturated rings. The topological polar surface area (TPSA) is 67.5 Å². The molecule has 0 saturated heterocycles. The number of aryl methyl sites for hydroxylation is 1. The Hall–Kier alpha value is -1.42. The fraction of sp³-hybridized carbons (Fsp3) is 0.600. The number of Topliss-reactive ketones (excluding diaryl/α,β-unsaturated/α-hetero) is 2. The third-order valence-corrected chi connectivity index (χ3v) is 4.84. The molecule has 0 amide bonds. The summed E-state index contributed by atoms with van der Waals surface area (Å²) in [6, 6.07) is 0. The molecular weight excluding hydrogens is 244 g/mol. The number of carbonyl (C=O) groups is 2. The first-order valence-corrected chi connectivity index (χ1v) is 6.64. The Bertz CT molecular complexity index is 581. The monoisotopic (exact) mass is 262 g/mol. The highest BCUT2D eigenvalue weighted by Gasteiger charge is 2.59. The molecule has 0 aliphatic heterocycles. The summed E-state index contributed by atoms with van der Waals surface area (Å²) in [6.07, 6.45) is 2.64. The number of ketones is 2. The van der Waals surface area contributed by atoms with E-state index in [9.17, 15) is 14.7 Å². The lowest BCUT2D eigenvalue weighted by Gasteiger charge is -2.49. The lowest BCUT2D eigenvalue weighted by Crippen LogP contribution is -2.59. The highest BCUT2D eigenvalue weighted by molar-refractivity contribution is 6.06. The van der Waals surface area contributed by atoms with Gasteiger partial charge in [-0.25, -0.2) is 0 Å². The van der Waals surface area contributed by atoms with E-state index in [4.69, 9.17) is 4.42 Å². The molecular formula is C15H18O4. The maximum atomic E-state index is 12.7. The summed E-state index contributed by atoms with van der Waals surface area (Å²) in [5.41, 5.74) is -0.606. The van der Waals surface area contributed by atoms with Gasteiger partial charge in [-0.1, -0.05) is 6.92 Å². The zero-order valence-electron chi connectivity index (χ0n) is 11.4. The Kier molecular flexibility index (Phi) is 2.37. The molecule has 0 spiro atoms. The van der Waals surface area contributed by atoms with Crippen LogP contribution < -0.4 is 0 Å². The van der Waals surface area contributed by atoms with Crippen LogP contribution in [0.5, 0.6) is 0 Å².